The molecular formula is C11H19ClN4O2S. The van der Waals surface area contributed by atoms with Crippen LogP contribution >= 0.6 is 11.6 Å². The molecular weight excluding hydrogens is 288 g/mol. The second-order valence-electron chi connectivity index (χ2n) is 4.67. The molecule has 108 valence electrons. The molecule has 1 aliphatic heterocycles. The van der Waals surface area contributed by atoms with Crippen molar-refractivity contribution in [3.05, 3.63) is 12.5 Å². The highest BCUT2D eigenvalue weighted by Crippen LogP contribution is 2.15. The third-order valence-electron chi connectivity index (χ3n) is 3.23. The number of sulfonamides is 1. The molecule has 1 saturated heterocycles. The minimum atomic E-state index is -3.46. The minimum absolute atomic E-state index is 0.126. The molecule has 0 N–H and O–H groups in total. The summed E-state index contributed by atoms with van der Waals surface area (Å²) in [7, 11) is -1.70. The highest BCUT2D eigenvalue weighted by atomic mass is 35.5. The van der Waals surface area contributed by atoms with Gasteiger partial charge in [-0.3, -0.25) is 0 Å². The monoisotopic (exact) mass is 306 g/mol. The van der Waals surface area contributed by atoms with E-state index in [1.165, 1.54) is 16.8 Å². The van der Waals surface area contributed by atoms with Crippen LogP contribution in [0.25, 0.3) is 0 Å². The molecule has 19 heavy (non-hydrogen) atoms. The number of rotatable bonds is 4. The van der Waals surface area contributed by atoms with E-state index in [1.807, 2.05) is 0 Å². The Bertz CT molecular complexity index is 517. The van der Waals surface area contributed by atoms with Crippen molar-refractivity contribution in [1.82, 2.24) is 18.8 Å². The van der Waals surface area contributed by atoms with E-state index in [9.17, 15) is 8.42 Å². The van der Waals surface area contributed by atoms with Crippen molar-refractivity contribution in [2.45, 2.75) is 11.4 Å². The Hall–Kier alpha value is -0.630. The predicted octanol–water partition coefficient (Wildman–Crippen LogP) is 0.355. The zero-order valence-electron chi connectivity index (χ0n) is 11.0. The smallest absolute Gasteiger partial charge is 0.262 e. The number of imidazole rings is 1. The van der Waals surface area contributed by atoms with Crippen LogP contribution in [-0.4, -0.2) is 65.8 Å². The summed E-state index contributed by atoms with van der Waals surface area (Å²) in [6.07, 6.45) is 3.87. The van der Waals surface area contributed by atoms with Gasteiger partial charge in [-0.05, 0) is 13.0 Å². The molecule has 0 saturated carbocycles. The topological polar surface area (TPSA) is 58.4 Å². The first-order chi connectivity index (χ1) is 9.04. The van der Waals surface area contributed by atoms with Crippen molar-refractivity contribution in [2.75, 3.05) is 38.6 Å². The second-order valence-corrected chi connectivity index (χ2v) is 6.93. The van der Waals surface area contributed by atoms with E-state index in [4.69, 9.17) is 11.6 Å². The van der Waals surface area contributed by atoms with E-state index in [0.717, 1.165) is 26.1 Å². The average Bonchev–Trinajstić information content (AvgIpc) is 2.66. The van der Waals surface area contributed by atoms with Crippen LogP contribution in [0.5, 0.6) is 0 Å². The lowest BCUT2D eigenvalue weighted by atomic mass is 10.4. The fourth-order valence-electron chi connectivity index (χ4n) is 2.19. The Labute approximate surface area is 119 Å². The van der Waals surface area contributed by atoms with Crippen molar-refractivity contribution in [3.63, 3.8) is 0 Å². The lowest BCUT2D eigenvalue weighted by molar-refractivity contribution is 0.303. The van der Waals surface area contributed by atoms with Crippen molar-refractivity contribution in [1.29, 1.82) is 0 Å². The lowest BCUT2D eigenvalue weighted by Gasteiger charge is -2.20. The molecule has 0 atom stereocenters. The first-order valence-corrected chi connectivity index (χ1v) is 8.28. The van der Waals surface area contributed by atoms with Gasteiger partial charge in [0, 0.05) is 45.3 Å². The summed E-state index contributed by atoms with van der Waals surface area (Å²) in [6.45, 7) is 3.45. The number of hydrogen-bond acceptors (Lipinski definition) is 4. The zero-order valence-corrected chi connectivity index (χ0v) is 12.6. The van der Waals surface area contributed by atoms with Crippen molar-refractivity contribution in [2.24, 2.45) is 7.05 Å². The van der Waals surface area contributed by atoms with Crippen LogP contribution in [0.4, 0.5) is 0 Å². The fraction of sp³-hybridized carbons (Fsp3) is 0.727. The summed E-state index contributed by atoms with van der Waals surface area (Å²) in [5, 5.41) is 0.126. The normalized spacial score (nSPS) is 19.5. The largest absolute Gasteiger partial charge is 0.339 e. The Morgan fingerprint density at radius 1 is 1.32 bits per heavy atom. The van der Waals surface area contributed by atoms with Crippen LogP contribution in [0, 0.1) is 0 Å². The number of aryl methyl sites for hydroxylation is 1. The maximum Gasteiger partial charge on any atom is 0.262 e. The van der Waals surface area contributed by atoms with E-state index in [2.05, 4.69) is 9.88 Å². The summed E-state index contributed by atoms with van der Waals surface area (Å²) >= 11 is 5.73. The van der Waals surface area contributed by atoms with Gasteiger partial charge >= 0.3 is 0 Å². The van der Waals surface area contributed by atoms with Crippen LogP contribution in [0.1, 0.15) is 6.42 Å². The molecule has 0 aromatic carbocycles. The zero-order chi connectivity index (χ0) is 13.9. The van der Waals surface area contributed by atoms with Crippen LogP contribution in [-0.2, 0) is 17.1 Å². The van der Waals surface area contributed by atoms with Crippen LogP contribution in [0.2, 0.25) is 0 Å². The van der Waals surface area contributed by atoms with Crippen molar-refractivity contribution in [3.8, 4) is 0 Å². The Morgan fingerprint density at radius 3 is 2.74 bits per heavy atom. The first-order valence-electron chi connectivity index (χ1n) is 6.30. The van der Waals surface area contributed by atoms with E-state index < -0.39 is 10.0 Å². The van der Waals surface area contributed by atoms with Gasteiger partial charge in [-0.25, -0.2) is 13.4 Å². The summed E-state index contributed by atoms with van der Waals surface area (Å²) in [6, 6.07) is 0. The summed E-state index contributed by atoms with van der Waals surface area (Å²) in [4.78, 5) is 6.14. The molecule has 6 nitrogen and oxygen atoms in total. The highest BCUT2D eigenvalue weighted by molar-refractivity contribution is 7.89. The van der Waals surface area contributed by atoms with Gasteiger partial charge in [0.1, 0.15) is 0 Å². The van der Waals surface area contributed by atoms with Crippen molar-refractivity contribution < 1.29 is 8.42 Å². The molecule has 0 amide bonds. The van der Waals surface area contributed by atoms with Crippen LogP contribution in [0.15, 0.2) is 17.6 Å². The van der Waals surface area contributed by atoms with E-state index in [1.54, 1.807) is 11.6 Å². The van der Waals surface area contributed by atoms with Gasteiger partial charge in [0.15, 0.2) is 5.03 Å². The SMILES string of the molecule is Cn1cnc(S(=O)(=O)N2CCCN(CCCl)CC2)c1. The molecule has 2 heterocycles. The molecule has 0 radical (unpaired) electrons. The molecule has 0 bridgehead atoms. The quantitative estimate of drug-likeness (QED) is 0.754. The van der Waals surface area contributed by atoms with Gasteiger partial charge in [0.25, 0.3) is 10.0 Å². The van der Waals surface area contributed by atoms with E-state index in [0.29, 0.717) is 19.0 Å². The number of nitrogens with zero attached hydrogens (tertiary/aromatic N) is 4. The molecule has 1 aliphatic rings. The minimum Gasteiger partial charge on any atom is -0.339 e. The first kappa shape index (κ1) is 14.8. The standard InChI is InChI=1S/C11H19ClN4O2S/c1-14-9-11(13-10-14)19(17,18)16-5-2-4-15(6-3-12)7-8-16/h9-10H,2-8H2,1H3. The Balaban J connectivity index is 2.09. The number of halogens is 1. The van der Waals surface area contributed by atoms with Gasteiger partial charge in [-0.15, -0.1) is 11.6 Å². The maximum atomic E-state index is 12.4. The molecule has 1 fully saturated rings. The third kappa shape index (κ3) is 3.47. The van der Waals surface area contributed by atoms with Gasteiger partial charge < -0.3 is 9.47 Å². The van der Waals surface area contributed by atoms with Gasteiger partial charge in [-0.1, -0.05) is 0 Å². The second kappa shape index (κ2) is 6.21. The van der Waals surface area contributed by atoms with E-state index in [-0.39, 0.29) is 5.03 Å². The van der Waals surface area contributed by atoms with Gasteiger partial charge in [-0.2, -0.15) is 4.31 Å². The molecule has 1 aromatic heterocycles. The third-order valence-corrected chi connectivity index (χ3v) is 5.19. The predicted molar refractivity (Wildman–Crippen MR) is 73.7 cm³/mol. The van der Waals surface area contributed by atoms with Crippen LogP contribution in [0.3, 0.4) is 0 Å². The maximum absolute atomic E-state index is 12.4. The average molecular weight is 307 g/mol. The van der Waals surface area contributed by atoms with Gasteiger partial charge in [0.2, 0.25) is 0 Å². The summed E-state index contributed by atoms with van der Waals surface area (Å²) in [5.74, 6) is 0.576. The van der Waals surface area contributed by atoms with E-state index >= 15 is 0 Å². The van der Waals surface area contributed by atoms with Crippen LogP contribution < -0.4 is 0 Å². The molecule has 0 aliphatic carbocycles. The summed E-state index contributed by atoms with van der Waals surface area (Å²) < 4.78 is 28.0. The Kier molecular flexibility index (Phi) is 4.83. The molecule has 0 spiro atoms. The molecule has 1 aromatic rings. The molecule has 2 rings (SSSR count). The molecule has 8 heteroatoms. The number of aromatic nitrogens is 2. The fourth-order valence-corrected chi connectivity index (χ4v) is 3.86. The number of hydrogen-bond donors (Lipinski definition) is 0. The van der Waals surface area contributed by atoms with Gasteiger partial charge in [0.05, 0.1) is 6.33 Å². The number of alkyl halides is 1. The lowest BCUT2D eigenvalue weighted by Crippen LogP contribution is -2.35. The molecule has 0 unspecified atom stereocenters. The van der Waals surface area contributed by atoms with Crippen molar-refractivity contribution >= 4 is 21.6 Å². The highest BCUT2D eigenvalue weighted by Gasteiger charge is 2.28. The Morgan fingerprint density at radius 2 is 2.11 bits per heavy atom. The summed E-state index contributed by atoms with van der Waals surface area (Å²) in [5.41, 5.74) is 0.